The van der Waals surface area contributed by atoms with Crippen molar-refractivity contribution in [2.24, 2.45) is 23.0 Å². The highest BCUT2D eigenvalue weighted by atomic mass is 35.5. The summed E-state index contributed by atoms with van der Waals surface area (Å²) in [6.07, 6.45) is 6.02. The largest absolute Gasteiger partial charge is 0.351 e. The highest BCUT2D eigenvalue weighted by Gasteiger charge is 2.39. The molecule has 5 nitrogen and oxygen atoms in total. The van der Waals surface area contributed by atoms with E-state index in [9.17, 15) is 9.59 Å². The fraction of sp³-hybridized carbons (Fsp3) is 0.882. The maximum absolute atomic E-state index is 12.1. The molecular formula is C17H32ClN3O2. The standard InChI is InChI=1S/C17H31N3O2.ClH/c1-17(2,3)9-14(21)19-10-15(22)20-16-11-5-4-6-12(16)8-13(18)7-11;/h11-13,16H,4-10,18H2,1-3H3,(H,19,21)(H,20,22);1H. The van der Waals surface area contributed by atoms with Gasteiger partial charge in [-0.1, -0.05) is 27.2 Å². The van der Waals surface area contributed by atoms with Crippen molar-refractivity contribution in [2.75, 3.05) is 6.54 Å². The maximum atomic E-state index is 12.1. The molecule has 0 aromatic heterocycles. The van der Waals surface area contributed by atoms with Crippen LogP contribution in [-0.4, -0.2) is 30.4 Å². The van der Waals surface area contributed by atoms with Crippen LogP contribution in [-0.2, 0) is 9.59 Å². The molecule has 2 atom stereocenters. The van der Waals surface area contributed by atoms with Crippen LogP contribution in [0.3, 0.4) is 0 Å². The molecular weight excluding hydrogens is 314 g/mol. The Kier molecular flexibility index (Phi) is 7.33. The molecule has 0 spiro atoms. The summed E-state index contributed by atoms with van der Waals surface area (Å²) in [6, 6.07) is 0.538. The third-order valence-corrected chi connectivity index (χ3v) is 4.84. The summed E-state index contributed by atoms with van der Waals surface area (Å²) in [5, 5.41) is 5.88. The van der Waals surface area contributed by atoms with E-state index in [2.05, 4.69) is 10.6 Å². The van der Waals surface area contributed by atoms with Gasteiger partial charge in [-0.05, 0) is 42.9 Å². The lowest BCUT2D eigenvalue weighted by atomic mass is 9.67. The predicted molar refractivity (Wildman–Crippen MR) is 94.3 cm³/mol. The lowest BCUT2D eigenvalue weighted by molar-refractivity contribution is -0.128. The first kappa shape index (κ1) is 20.2. The van der Waals surface area contributed by atoms with Gasteiger partial charge in [0.1, 0.15) is 0 Å². The number of rotatable bonds is 4. The first-order valence-electron chi connectivity index (χ1n) is 8.56. The molecule has 4 N–H and O–H groups in total. The highest BCUT2D eigenvalue weighted by molar-refractivity contribution is 5.85. The van der Waals surface area contributed by atoms with Gasteiger partial charge in [0.2, 0.25) is 11.8 Å². The summed E-state index contributed by atoms with van der Waals surface area (Å²) in [6.45, 7) is 6.12. The summed E-state index contributed by atoms with van der Waals surface area (Å²) in [5.74, 6) is 0.890. The monoisotopic (exact) mass is 345 g/mol. The Morgan fingerprint density at radius 1 is 1.09 bits per heavy atom. The van der Waals surface area contributed by atoms with Gasteiger partial charge in [0.15, 0.2) is 0 Å². The summed E-state index contributed by atoms with van der Waals surface area (Å²) in [4.78, 5) is 23.9. The van der Waals surface area contributed by atoms with Crippen molar-refractivity contribution < 1.29 is 9.59 Å². The van der Waals surface area contributed by atoms with Crippen LogP contribution in [0.5, 0.6) is 0 Å². The minimum Gasteiger partial charge on any atom is -0.351 e. The zero-order valence-electron chi connectivity index (χ0n) is 14.6. The molecule has 2 bridgehead atoms. The van der Waals surface area contributed by atoms with E-state index in [-0.39, 0.29) is 48.3 Å². The number of fused-ring (bicyclic) bond motifs is 2. The smallest absolute Gasteiger partial charge is 0.239 e. The van der Waals surface area contributed by atoms with E-state index in [1.54, 1.807) is 0 Å². The van der Waals surface area contributed by atoms with Crippen molar-refractivity contribution in [1.82, 2.24) is 10.6 Å². The number of nitrogens with two attached hydrogens (primary N) is 1. The van der Waals surface area contributed by atoms with E-state index in [4.69, 9.17) is 5.73 Å². The fourth-order valence-electron chi connectivity index (χ4n) is 3.98. The van der Waals surface area contributed by atoms with E-state index in [1.807, 2.05) is 20.8 Å². The van der Waals surface area contributed by atoms with Crippen LogP contribution < -0.4 is 16.4 Å². The van der Waals surface area contributed by atoms with Crippen LogP contribution in [0, 0.1) is 17.3 Å². The van der Waals surface area contributed by atoms with Crippen LogP contribution in [0.4, 0.5) is 0 Å². The molecule has 2 unspecified atom stereocenters. The van der Waals surface area contributed by atoms with Gasteiger partial charge in [-0.2, -0.15) is 0 Å². The van der Waals surface area contributed by atoms with E-state index < -0.39 is 0 Å². The maximum Gasteiger partial charge on any atom is 0.239 e. The van der Waals surface area contributed by atoms with Crippen molar-refractivity contribution in [2.45, 2.75) is 71.4 Å². The summed E-state index contributed by atoms with van der Waals surface area (Å²) in [7, 11) is 0. The number of amides is 2. The topological polar surface area (TPSA) is 84.2 Å². The number of carbonyl (C=O) groups is 2. The Hall–Kier alpha value is -0.810. The van der Waals surface area contributed by atoms with Crippen LogP contribution >= 0.6 is 12.4 Å². The summed E-state index contributed by atoms with van der Waals surface area (Å²) >= 11 is 0. The van der Waals surface area contributed by atoms with Crippen molar-refractivity contribution in [3.8, 4) is 0 Å². The first-order valence-corrected chi connectivity index (χ1v) is 8.56. The normalized spacial score (nSPS) is 30.1. The number of halogens is 1. The Labute approximate surface area is 145 Å². The van der Waals surface area contributed by atoms with Crippen molar-refractivity contribution >= 4 is 24.2 Å². The molecule has 134 valence electrons. The van der Waals surface area contributed by atoms with Gasteiger partial charge in [0.25, 0.3) is 0 Å². The molecule has 0 saturated heterocycles. The second-order valence-electron chi connectivity index (χ2n) is 8.29. The van der Waals surface area contributed by atoms with E-state index in [1.165, 1.54) is 6.42 Å². The Morgan fingerprint density at radius 3 is 2.17 bits per heavy atom. The number of nitrogens with one attached hydrogen (secondary N) is 2. The number of hydrogen-bond donors (Lipinski definition) is 3. The highest BCUT2D eigenvalue weighted by Crippen LogP contribution is 2.39. The second-order valence-corrected chi connectivity index (χ2v) is 8.29. The van der Waals surface area contributed by atoms with Gasteiger partial charge >= 0.3 is 0 Å². The van der Waals surface area contributed by atoms with Gasteiger partial charge in [0, 0.05) is 18.5 Å². The van der Waals surface area contributed by atoms with E-state index in [0.717, 1.165) is 25.7 Å². The molecule has 0 heterocycles. The van der Waals surface area contributed by atoms with Gasteiger partial charge in [-0.3, -0.25) is 9.59 Å². The number of carbonyl (C=O) groups excluding carboxylic acids is 2. The predicted octanol–water partition coefficient (Wildman–Crippen LogP) is 1.98. The zero-order valence-corrected chi connectivity index (χ0v) is 15.4. The minimum absolute atomic E-state index is 0. The lowest BCUT2D eigenvalue weighted by Crippen LogP contribution is -2.55. The van der Waals surface area contributed by atoms with Crippen LogP contribution in [0.1, 0.15) is 59.3 Å². The summed E-state index contributed by atoms with van der Waals surface area (Å²) < 4.78 is 0. The average Bonchev–Trinajstić information content (AvgIpc) is 2.35. The molecule has 6 heteroatoms. The second kappa shape index (κ2) is 8.34. The van der Waals surface area contributed by atoms with Crippen molar-refractivity contribution in [3.63, 3.8) is 0 Å². The number of hydrogen-bond acceptors (Lipinski definition) is 3. The molecule has 0 aromatic carbocycles. The summed E-state index contributed by atoms with van der Waals surface area (Å²) in [5.41, 5.74) is 6.05. The first-order chi connectivity index (χ1) is 10.2. The molecule has 2 aliphatic rings. The molecule has 2 fully saturated rings. The van der Waals surface area contributed by atoms with Crippen molar-refractivity contribution in [1.29, 1.82) is 0 Å². The SMILES string of the molecule is CC(C)(C)CC(=O)NCC(=O)NC1C2CCCC1CC(N)C2.Cl. The van der Waals surface area contributed by atoms with E-state index in [0.29, 0.717) is 18.3 Å². The van der Waals surface area contributed by atoms with Crippen LogP contribution in [0.15, 0.2) is 0 Å². The van der Waals surface area contributed by atoms with Gasteiger partial charge in [-0.25, -0.2) is 0 Å². The molecule has 2 saturated carbocycles. The minimum atomic E-state index is -0.0698. The molecule has 2 rings (SSSR count). The van der Waals surface area contributed by atoms with Crippen LogP contribution in [0.25, 0.3) is 0 Å². The molecule has 2 amide bonds. The molecule has 0 aliphatic heterocycles. The lowest BCUT2D eigenvalue weighted by Gasteiger charge is -2.45. The Morgan fingerprint density at radius 2 is 1.65 bits per heavy atom. The fourth-order valence-corrected chi connectivity index (χ4v) is 3.98. The van der Waals surface area contributed by atoms with Gasteiger partial charge in [0.05, 0.1) is 6.54 Å². The van der Waals surface area contributed by atoms with Crippen LogP contribution in [0.2, 0.25) is 0 Å². The Bertz CT molecular complexity index is 409. The van der Waals surface area contributed by atoms with E-state index >= 15 is 0 Å². The molecule has 23 heavy (non-hydrogen) atoms. The quantitative estimate of drug-likeness (QED) is 0.728. The zero-order chi connectivity index (χ0) is 16.3. The third-order valence-electron chi connectivity index (χ3n) is 4.84. The molecule has 0 aromatic rings. The Balaban J connectivity index is 0.00000264. The molecule has 0 radical (unpaired) electrons. The third kappa shape index (κ3) is 6.30. The van der Waals surface area contributed by atoms with Gasteiger partial charge in [-0.15, -0.1) is 12.4 Å². The molecule has 2 aliphatic carbocycles. The van der Waals surface area contributed by atoms with Crippen molar-refractivity contribution in [3.05, 3.63) is 0 Å². The van der Waals surface area contributed by atoms with Gasteiger partial charge < -0.3 is 16.4 Å². The average molecular weight is 346 g/mol.